The zero-order valence-corrected chi connectivity index (χ0v) is 12.9. The lowest BCUT2D eigenvalue weighted by Gasteiger charge is -2.25. The third kappa shape index (κ3) is 5.07. The minimum absolute atomic E-state index is 0.123. The zero-order chi connectivity index (χ0) is 17.5. The molecule has 24 heavy (non-hydrogen) atoms. The molecule has 130 valence electrons. The lowest BCUT2D eigenvalue weighted by atomic mass is 10.0. The van der Waals surface area contributed by atoms with Crippen LogP contribution in [0.15, 0.2) is 12.5 Å². The number of aromatic nitrogens is 2. The summed E-state index contributed by atoms with van der Waals surface area (Å²) in [7, 11) is 0. The van der Waals surface area contributed by atoms with Crippen molar-refractivity contribution in [1.82, 2.24) is 25.9 Å². The number of hydrogen-bond acceptors (Lipinski definition) is 5. The topological polar surface area (TPSA) is 153 Å². The van der Waals surface area contributed by atoms with Gasteiger partial charge in [-0.25, -0.2) is 4.98 Å². The third-order valence-corrected chi connectivity index (χ3v) is 3.57. The van der Waals surface area contributed by atoms with Crippen LogP contribution >= 0.6 is 0 Å². The summed E-state index contributed by atoms with van der Waals surface area (Å²) in [5.41, 5.74) is 0.610. The first-order chi connectivity index (χ1) is 11.5. The highest BCUT2D eigenvalue weighted by atomic mass is 16.4. The Morgan fingerprint density at radius 1 is 1.42 bits per heavy atom. The van der Waals surface area contributed by atoms with Gasteiger partial charge in [0.05, 0.1) is 6.33 Å². The van der Waals surface area contributed by atoms with E-state index in [-0.39, 0.29) is 12.3 Å². The summed E-state index contributed by atoms with van der Waals surface area (Å²) in [5.74, 6) is -2.49. The van der Waals surface area contributed by atoms with Gasteiger partial charge in [0.2, 0.25) is 17.7 Å². The van der Waals surface area contributed by atoms with Crippen molar-refractivity contribution < 1.29 is 24.3 Å². The number of carboxylic acid groups (broad SMARTS) is 1. The van der Waals surface area contributed by atoms with Gasteiger partial charge in [-0.1, -0.05) is 0 Å². The van der Waals surface area contributed by atoms with Crippen LogP contribution in [0.4, 0.5) is 0 Å². The molecule has 2 rings (SSSR count). The molecule has 1 saturated heterocycles. The highest BCUT2D eigenvalue weighted by Gasteiger charge is 2.29. The van der Waals surface area contributed by atoms with Gasteiger partial charge in [0.15, 0.2) is 0 Å². The van der Waals surface area contributed by atoms with Crippen LogP contribution < -0.4 is 16.0 Å². The molecule has 0 saturated carbocycles. The molecule has 0 spiro atoms. The van der Waals surface area contributed by atoms with Crippen molar-refractivity contribution in [2.45, 2.75) is 37.8 Å². The van der Waals surface area contributed by atoms with Crippen LogP contribution in [0.3, 0.4) is 0 Å². The van der Waals surface area contributed by atoms with Crippen molar-refractivity contribution in [3.05, 3.63) is 18.2 Å². The highest BCUT2D eigenvalue weighted by Crippen LogP contribution is 2.09. The molecule has 0 aromatic carbocycles. The van der Waals surface area contributed by atoms with E-state index in [1.54, 1.807) is 0 Å². The standard InChI is InChI=1S/C14H19N5O5/c20-11-3-1-2-9(18-11)14(24)19-10(4-8-5-15-7-17-8)13(23)16-6-12(21)22/h5,7,9-10H,1-4,6H2,(H,15,17)(H,16,23)(H,18,20)(H,19,24)(H,21,22). The van der Waals surface area contributed by atoms with Crippen LogP contribution in [0.25, 0.3) is 0 Å². The maximum Gasteiger partial charge on any atom is 0.322 e. The fraction of sp³-hybridized carbons (Fsp3) is 0.500. The smallest absolute Gasteiger partial charge is 0.322 e. The van der Waals surface area contributed by atoms with E-state index in [0.717, 1.165) is 0 Å². The molecular formula is C14H19N5O5. The summed E-state index contributed by atoms with van der Waals surface area (Å²) < 4.78 is 0. The van der Waals surface area contributed by atoms with Crippen molar-refractivity contribution >= 4 is 23.7 Å². The molecule has 5 N–H and O–H groups in total. The number of carbonyl (C=O) groups is 4. The molecule has 10 nitrogen and oxygen atoms in total. The number of imidazole rings is 1. The number of carbonyl (C=O) groups excluding carboxylic acids is 3. The molecule has 2 unspecified atom stereocenters. The van der Waals surface area contributed by atoms with Crippen LogP contribution in [0.5, 0.6) is 0 Å². The highest BCUT2D eigenvalue weighted by molar-refractivity contribution is 5.93. The largest absolute Gasteiger partial charge is 0.480 e. The lowest BCUT2D eigenvalue weighted by Crippen LogP contribution is -2.55. The molecule has 0 aliphatic carbocycles. The Morgan fingerprint density at radius 2 is 2.21 bits per heavy atom. The van der Waals surface area contributed by atoms with E-state index < -0.39 is 36.4 Å². The van der Waals surface area contributed by atoms with Crippen molar-refractivity contribution in [3.63, 3.8) is 0 Å². The maximum atomic E-state index is 12.3. The van der Waals surface area contributed by atoms with Crippen LogP contribution in [-0.2, 0) is 25.6 Å². The summed E-state index contributed by atoms with van der Waals surface area (Å²) in [6, 6.07) is -1.67. The van der Waals surface area contributed by atoms with Crippen molar-refractivity contribution in [1.29, 1.82) is 0 Å². The molecule has 10 heteroatoms. The first-order valence-electron chi connectivity index (χ1n) is 7.52. The van der Waals surface area contributed by atoms with Crippen molar-refractivity contribution in [2.75, 3.05) is 6.54 Å². The summed E-state index contributed by atoms with van der Waals surface area (Å²) >= 11 is 0. The molecule has 1 aromatic rings. The Morgan fingerprint density at radius 3 is 2.83 bits per heavy atom. The van der Waals surface area contributed by atoms with Crippen LogP contribution in [-0.4, -0.2) is 57.4 Å². The average molecular weight is 337 g/mol. The van der Waals surface area contributed by atoms with E-state index in [1.807, 2.05) is 0 Å². The normalized spacial score (nSPS) is 18.3. The van der Waals surface area contributed by atoms with Gasteiger partial charge in [0.1, 0.15) is 18.6 Å². The summed E-state index contributed by atoms with van der Waals surface area (Å²) in [5, 5.41) is 16.0. The van der Waals surface area contributed by atoms with Gasteiger partial charge in [0.25, 0.3) is 0 Å². The Hall–Kier alpha value is -2.91. The molecule has 1 aliphatic rings. The second-order valence-electron chi connectivity index (χ2n) is 5.47. The number of hydrogen-bond donors (Lipinski definition) is 5. The van der Waals surface area contributed by atoms with Crippen LogP contribution in [0.2, 0.25) is 0 Å². The quantitative estimate of drug-likeness (QED) is 0.400. The molecule has 1 aliphatic heterocycles. The van der Waals surface area contributed by atoms with Crippen molar-refractivity contribution in [3.8, 4) is 0 Å². The van der Waals surface area contributed by atoms with E-state index in [9.17, 15) is 19.2 Å². The minimum atomic E-state index is -1.19. The van der Waals surface area contributed by atoms with Gasteiger partial charge in [0, 0.05) is 24.7 Å². The summed E-state index contributed by atoms with van der Waals surface area (Å²) in [6.07, 6.45) is 4.53. The Bertz CT molecular complexity index is 615. The Kier molecular flexibility index (Phi) is 5.88. The van der Waals surface area contributed by atoms with Crippen LogP contribution in [0, 0.1) is 0 Å². The number of rotatable bonds is 7. The van der Waals surface area contributed by atoms with E-state index in [4.69, 9.17) is 5.11 Å². The summed E-state index contributed by atoms with van der Waals surface area (Å²) in [4.78, 5) is 53.0. The van der Waals surface area contributed by atoms with Crippen LogP contribution in [0.1, 0.15) is 25.0 Å². The number of amides is 3. The Balaban J connectivity index is 2.00. The number of piperidine rings is 1. The number of H-pyrrole nitrogens is 1. The second kappa shape index (κ2) is 8.09. The van der Waals surface area contributed by atoms with Gasteiger partial charge in [-0.3, -0.25) is 19.2 Å². The predicted octanol–water partition coefficient (Wildman–Crippen LogP) is -1.69. The first-order valence-corrected chi connectivity index (χ1v) is 7.52. The Labute approximate surface area is 137 Å². The maximum absolute atomic E-state index is 12.3. The molecular weight excluding hydrogens is 318 g/mol. The summed E-state index contributed by atoms with van der Waals surface area (Å²) in [6.45, 7) is -0.547. The number of carboxylic acids is 1. The van der Waals surface area contributed by atoms with E-state index in [2.05, 4.69) is 25.9 Å². The molecule has 1 fully saturated rings. The van der Waals surface area contributed by atoms with Crippen molar-refractivity contribution in [2.24, 2.45) is 0 Å². The second-order valence-corrected chi connectivity index (χ2v) is 5.47. The zero-order valence-electron chi connectivity index (χ0n) is 12.9. The van der Waals surface area contributed by atoms with E-state index >= 15 is 0 Å². The fourth-order valence-electron chi connectivity index (χ4n) is 2.39. The fourth-order valence-corrected chi connectivity index (χ4v) is 2.39. The molecule has 1 aromatic heterocycles. The minimum Gasteiger partial charge on any atom is -0.480 e. The SMILES string of the molecule is O=C(O)CNC(=O)C(Cc1cnc[nH]1)NC(=O)C1CCCC(=O)N1. The van der Waals surface area contributed by atoms with Gasteiger partial charge < -0.3 is 26.0 Å². The first kappa shape index (κ1) is 17.4. The van der Waals surface area contributed by atoms with Gasteiger partial charge in [-0.2, -0.15) is 0 Å². The molecule has 2 heterocycles. The number of nitrogens with zero attached hydrogens (tertiary/aromatic N) is 1. The third-order valence-electron chi connectivity index (χ3n) is 3.57. The number of nitrogens with one attached hydrogen (secondary N) is 4. The van der Waals surface area contributed by atoms with Gasteiger partial charge in [-0.05, 0) is 12.8 Å². The predicted molar refractivity (Wildman–Crippen MR) is 80.6 cm³/mol. The lowest BCUT2D eigenvalue weighted by molar-refractivity contribution is -0.138. The molecule has 0 radical (unpaired) electrons. The number of aromatic amines is 1. The monoisotopic (exact) mass is 337 g/mol. The van der Waals surface area contributed by atoms with Gasteiger partial charge in [-0.15, -0.1) is 0 Å². The number of aliphatic carboxylic acids is 1. The molecule has 0 bridgehead atoms. The molecule has 3 amide bonds. The van der Waals surface area contributed by atoms with E-state index in [0.29, 0.717) is 25.0 Å². The molecule has 2 atom stereocenters. The van der Waals surface area contributed by atoms with Gasteiger partial charge >= 0.3 is 5.97 Å². The average Bonchev–Trinajstić information content (AvgIpc) is 3.05. The van der Waals surface area contributed by atoms with E-state index in [1.165, 1.54) is 12.5 Å².